The van der Waals surface area contributed by atoms with Crippen LogP contribution < -0.4 is 15.8 Å². The van der Waals surface area contributed by atoms with E-state index in [1.54, 1.807) is 24.3 Å². The zero-order chi connectivity index (χ0) is 21.6. The Morgan fingerprint density at radius 2 is 1.87 bits per heavy atom. The predicted octanol–water partition coefficient (Wildman–Crippen LogP) is 2.96. The van der Waals surface area contributed by atoms with Crippen molar-refractivity contribution < 1.29 is 13.2 Å². The molecule has 2 atom stereocenters. The van der Waals surface area contributed by atoms with Crippen LogP contribution in [0.3, 0.4) is 0 Å². The van der Waals surface area contributed by atoms with Crippen molar-refractivity contribution in [3.63, 3.8) is 0 Å². The number of nitrogens with two attached hydrogens (primary N) is 1. The van der Waals surface area contributed by atoms with E-state index in [0.29, 0.717) is 25.8 Å². The van der Waals surface area contributed by atoms with Crippen molar-refractivity contribution in [1.82, 2.24) is 10.0 Å². The summed E-state index contributed by atoms with van der Waals surface area (Å²) in [5.74, 6) is -0.142. The smallest absolute Gasteiger partial charge is 0.240 e. The van der Waals surface area contributed by atoms with E-state index in [1.165, 1.54) is 11.1 Å². The number of unbranched alkanes of at least 4 members (excludes halogenated alkanes) is 1. The van der Waals surface area contributed by atoms with Crippen LogP contribution >= 0.6 is 0 Å². The fourth-order valence-corrected chi connectivity index (χ4v) is 4.88. The molecule has 0 fully saturated rings. The Morgan fingerprint density at radius 1 is 1.13 bits per heavy atom. The lowest BCUT2D eigenvalue weighted by Crippen LogP contribution is -2.43. The number of sulfonamides is 1. The highest BCUT2D eigenvalue weighted by molar-refractivity contribution is 7.89. The maximum absolute atomic E-state index is 12.5. The first kappa shape index (κ1) is 22.5. The molecule has 1 aliphatic carbocycles. The van der Waals surface area contributed by atoms with E-state index in [-0.39, 0.29) is 16.8 Å². The number of benzene rings is 2. The Labute approximate surface area is 179 Å². The summed E-state index contributed by atoms with van der Waals surface area (Å²) in [4.78, 5) is 12.8. The van der Waals surface area contributed by atoms with E-state index in [2.05, 4.69) is 22.2 Å². The lowest BCUT2D eigenvalue weighted by molar-refractivity contribution is -0.123. The van der Waals surface area contributed by atoms with E-state index in [9.17, 15) is 13.2 Å². The first-order valence-corrected chi connectivity index (χ1v) is 12.1. The lowest BCUT2D eigenvalue weighted by Gasteiger charge is -2.27. The van der Waals surface area contributed by atoms with Gasteiger partial charge in [-0.3, -0.25) is 4.79 Å². The molecule has 2 aromatic carbocycles. The number of hydrogen-bond donors (Lipinski definition) is 3. The second kappa shape index (κ2) is 10.2. The second-order valence-corrected chi connectivity index (χ2v) is 9.73. The average molecular weight is 430 g/mol. The molecule has 0 radical (unpaired) electrons. The number of hydrogen-bond acceptors (Lipinski definition) is 4. The van der Waals surface area contributed by atoms with E-state index >= 15 is 0 Å². The van der Waals surface area contributed by atoms with E-state index in [4.69, 9.17) is 5.73 Å². The molecule has 2 aromatic rings. The summed E-state index contributed by atoms with van der Waals surface area (Å²) in [6.07, 6.45) is 4.85. The van der Waals surface area contributed by atoms with Crippen LogP contribution in [0.15, 0.2) is 53.4 Å². The van der Waals surface area contributed by atoms with Crippen LogP contribution in [-0.2, 0) is 21.2 Å². The van der Waals surface area contributed by atoms with Gasteiger partial charge < -0.3 is 11.1 Å². The first-order valence-electron chi connectivity index (χ1n) is 10.6. The molecule has 4 N–H and O–H groups in total. The number of amides is 1. The minimum atomic E-state index is -3.50. The molecule has 1 amide bonds. The Kier molecular flexibility index (Phi) is 7.64. The van der Waals surface area contributed by atoms with Gasteiger partial charge in [-0.05, 0) is 62.3 Å². The fraction of sp³-hybridized carbons (Fsp3) is 0.435. The molecule has 0 saturated carbocycles. The van der Waals surface area contributed by atoms with Crippen molar-refractivity contribution in [1.29, 1.82) is 0 Å². The van der Waals surface area contributed by atoms with Crippen molar-refractivity contribution >= 4 is 15.9 Å². The van der Waals surface area contributed by atoms with E-state index in [0.717, 1.165) is 24.8 Å². The van der Waals surface area contributed by atoms with E-state index in [1.807, 2.05) is 19.1 Å². The normalized spacial score (nSPS) is 17.2. The molecule has 1 aliphatic rings. The van der Waals surface area contributed by atoms with Crippen molar-refractivity contribution in [2.75, 3.05) is 6.54 Å². The Morgan fingerprint density at radius 3 is 2.63 bits per heavy atom. The molecule has 6 nitrogen and oxygen atoms in total. The van der Waals surface area contributed by atoms with Crippen molar-refractivity contribution in [2.45, 2.75) is 62.4 Å². The Balaban J connectivity index is 1.40. The third kappa shape index (κ3) is 5.90. The van der Waals surface area contributed by atoms with Crippen LogP contribution in [0.5, 0.6) is 0 Å². The van der Waals surface area contributed by atoms with Gasteiger partial charge in [-0.1, -0.05) is 48.4 Å². The van der Waals surface area contributed by atoms with Gasteiger partial charge in [0.05, 0.1) is 17.0 Å². The highest BCUT2D eigenvalue weighted by atomic mass is 32.2. The quantitative estimate of drug-likeness (QED) is 0.534. The van der Waals surface area contributed by atoms with Gasteiger partial charge in [0, 0.05) is 6.54 Å². The maximum Gasteiger partial charge on any atom is 0.240 e. The highest BCUT2D eigenvalue weighted by Gasteiger charge is 2.23. The first-order chi connectivity index (χ1) is 14.4. The Bertz CT molecular complexity index is 958. The van der Waals surface area contributed by atoms with Gasteiger partial charge in [0.2, 0.25) is 15.9 Å². The summed E-state index contributed by atoms with van der Waals surface area (Å²) >= 11 is 0. The van der Waals surface area contributed by atoms with Crippen LogP contribution in [0.2, 0.25) is 0 Å². The topological polar surface area (TPSA) is 101 Å². The zero-order valence-electron chi connectivity index (χ0n) is 17.4. The summed E-state index contributed by atoms with van der Waals surface area (Å²) in [7, 11) is -3.50. The number of carbonyl (C=O) groups excluding carboxylic acids is 1. The van der Waals surface area contributed by atoms with Gasteiger partial charge in [0.25, 0.3) is 0 Å². The molecule has 162 valence electrons. The number of nitrogens with one attached hydrogen (secondary N) is 2. The second-order valence-electron chi connectivity index (χ2n) is 7.97. The molecule has 0 spiro atoms. The Hall–Kier alpha value is -2.22. The van der Waals surface area contributed by atoms with Gasteiger partial charge in [-0.2, -0.15) is 0 Å². The molecule has 30 heavy (non-hydrogen) atoms. The monoisotopic (exact) mass is 429 g/mol. The molecule has 0 heterocycles. The SMILES string of the molecule is Cc1ccc(S(=O)(=O)NCCCC[C@H](N)C(=O)NC2CCCc3ccccc32)cc1. The standard InChI is InChI=1S/C23H31N3O3S/c1-17-12-14-19(15-13-17)30(28,29)25-16-5-4-10-21(24)23(27)26-22-11-6-8-18-7-2-3-9-20(18)22/h2-3,7,9,12-15,21-22,25H,4-6,8,10-11,16,24H2,1H3,(H,26,27)/t21-,22?/m0/s1. The van der Waals surface area contributed by atoms with Gasteiger partial charge in [0.15, 0.2) is 0 Å². The fourth-order valence-electron chi connectivity index (χ4n) is 3.81. The average Bonchev–Trinajstić information content (AvgIpc) is 2.74. The minimum Gasteiger partial charge on any atom is -0.348 e. The largest absolute Gasteiger partial charge is 0.348 e. The molecule has 0 aromatic heterocycles. The molecular weight excluding hydrogens is 398 g/mol. The molecule has 0 saturated heterocycles. The van der Waals surface area contributed by atoms with Gasteiger partial charge in [-0.15, -0.1) is 0 Å². The minimum absolute atomic E-state index is 0.0230. The van der Waals surface area contributed by atoms with Gasteiger partial charge >= 0.3 is 0 Å². The summed E-state index contributed by atoms with van der Waals surface area (Å²) in [5, 5.41) is 3.09. The van der Waals surface area contributed by atoms with Crippen LogP contribution in [-0.4, -0.2) is 26.9 Å². The molecule has 3 rings (SSSR count). The van der Waals surface area contributed by atoms with Gasteiger partial charge in [0.1, 0.15) is 0 Å². The third-order valence-electron chi connectivity index (χ3n) is 5.59. The zero-order valence-corrected chi connectivity index (χ0v) is 18.3. The summed E-state index contributed by atoms with van der Waals surface area (Å²) < 4.78 is 27.1. The molecule has 0 aliphatic heterocycles. The molecule has 7 heteroatoms. The van der Waals surface area contributed by atoms with Crippen LogP contribution in [0.25, 0.3) is 0 Å². The highest BCUT2D eigenvalue weighted by Crippen LogP contribution is 2.29. The van der Waals surface area contributed by atoms with Crippen LogP contribution in [0, 0.1) is 6.92 Å². The van der Waals surface area contributed by atoms with Gasteiger partial charge in [-0.25, -0.2) is 13.1 Å². The number of aryl methyl sites for hydroxylation is 2. The van der Waals surface area contributed by atoms with Crippen LogP contribution in [0.1, 0.15) is 54.8 Å². The lowest BCUT2D eigenvalue weighted by atomic mass is 9.87. The van der Waals surface area contributed by atoms with Crippen molar-refractivity contribution in [2.24, 2.45) is 5.73 Å². The summed E-state index contributed by atoms with van der Waals surface area (Å²) in [6, 6.07) is 14.4. The number of rotatable bonds is 9. The van der Waals surface area contributed by atoms with E-state index < -0.39 is 16.1 Å². The summed E-state index contributed by atoms with van der Waals surface area (Å²) in [6.45, 7) is 2.23. The van der Waals surface area contributed by atoms with Crippen molar-refractivity contribution in [3.8, 4) is 0 Å². The van der Waals surface area contributed by atoms with Crippen LogP contribution in [0.4, 0.5) is 0 Å². The van der Waals surface area contributed by atoms with Crippen molar-refractivity contribution in [3.05, 3.63) is 65.2 Å². The molecule has 1 unspecified atom stereocenters. The maximum atomic E-state index is 12.5. The number of fused-ring (bicyclic) bond motifs is 1. The molecule has 0 bridgehead atoms. The summed E-state index contributed by atoms with van der Waals surface area (Å²) in [5.41, 5.74) is 9.57. The third-order valence-corrected chi connectivity index (χ3v) is 7.06. The predicted molar refractivity (Wildman–Crippen MR) is 118 cm³/mol. The molecular formula is C23H31N3O3S. The number of carbonyl (C=O) groups is 1.